The number of anilines is 2. The van der Waals surface area contributed by atoms with Crippen molar-refractivity contribution in [2.24, 2.45) is 10.9 Å². The topological polar surface area (TPSA) is 170 Å². The third-order valence-electron chi connectivity index (χ3n) is 13.8. The number of aryl methyl sites for hydroxylation is 2. The number of methoxy groups -OCH3 is 2. The van der Waals surface area contributed by atoms with Crippen LogP contribution in [0.1, 0.15) is 110 Å². The Morgan fingerprint density at radius 1 is 0.743 bits per heavy atom. The van der Waals surface area contributed by atoms with Crippen molar-refractivity contribution < 1.29 is 47.7 Å². The fourth-order valence-corrected chi connectivity index (χ4v) is 9.96. The van der Waals surface area contributed by atoms with Crippen molar-refractivity contribution in [2.45, 2.75) is 103 Å². The number of carbonyl (C=O) groups excluding carboxylic acids is 6. The zero-order chi connectivity index (χ0) is 49.2. The standard InChI is InChI=1S/C56H56N4O10/c1-32-19-44-45(57-29-42-25-39-12-7-9-14-47(39)60(42)56(44)66)28-50(32)69-30-35-21-36(23-40(22-35)49(62)20-33(2)54(64)58-34(3)48(61)15-10-16-53(63)68-5)31-70-52-26-37-17-18-41-24-38-11-6-8-13-46(38)59(41)55(65)43(37)27-51(52)67-4/h6-9,11-14,19,21-23,26-29,33-34,41-42H,10,15-18,20,24-25,30-31H2,1-5H3,(H,58,64)/t33-,34+,41-,42+/m1/s1. The number of para-hydroxylation sites is 2. The van der Waals surface area contributed by atoms with Crippen LogP contribution in [-0.4, -0.2) is 73.8 Å². The second kappa shape index (κ2) is 20.2. The molecule has 4 aliphatic heterocycles. The molecule has 0 aliphatic carbocycles. The summed E-state index contributed by atoms with van der Waals surface area (Å²) >= 11 is 0. The molecule has 0 aromatic heterocycles. The van der Waals surface area contributed by atoms with Gasteiger partial charge in [-0.15, -0.1) is 0 Å². The van der Waals surface area contributed by atoms with Crippen LogP contribution in [-0.2, 0) is 51.6 Å². The van der Waals surface area contributed by atoms with Gasteiger partial charge in [-0.25, -0.2) is 0 Å². The first-order valence-corrected chi connectivity index (χ1v) is 23.8. The minimum Gasteiger partial charge on any atom is -0.493 e. The van der Waals surface area contributed by atoms with Gasteiger partial charge in [0.05, 0.1) is 37.6 Å². The molecule has 5 aromatic carbocycles. The van der Waals surface area contributed by atoms with Crippen LogP contribution >= 0.6 is 0 Å². The molecule has 5 aromatic rings. The molecule has 0 fully saturated rings. The molecule has 4 aliphatic rings. The van der Waals surface area contributed by atoms with Crippen LogP contribution in [0.2, 0.25) is 0 Å². The van der Waals surface area contributed by atoms with Crippen LogP contribution in [0.25, 0.3) is 0 Å². The van der Waals surface area contributed by atoms with E-state index in [1.165, 1.54) is 14.2 Å². The lowest BCUT2D eigenvalue weighted by molar-refractivity contribution is -0.140. The number of aliphatic imine (C=N–C) groups is 1. The summed E-state index contributed by atoms with van der Waals surface area (Å²) in [6, 6.07) is 27.5. The second-order valence-electron chi connectivity index (χ2n) is 18.6. The highest BCUT2D eigenvalue weighted by molar-refractivity contribution is 6.15. The number of fused-ring (bicyclic) bond motifs is 8. The molecular weight excluding hydrogens is 889 g/mol. The first-order valence-electron chi connectivity index (χ1n) is 23.8. The van der Waals surface area contributed by atoms with Gasteiger partial charge in [0, 0.05) is 72.4 Å². The van der Waals surface area contributed by atoms with Gasteiger partial charge in [-0.1, -0.05) is 43.3 Å². The van der Waals surface area contributed by atoms with E-state index in [4.69, 9.17) is 19.2 Å². The van der Waals surface area contributed by atoms with Gasteiger partial charge in [0.1, 0.15) is 19.0 Å². The Morgan fingerprint density at radius 2 is 1.41 bits per heavy atom. The van der Waals surface area contributed by atoms with E-state index in [2.05, 4.69) is 16.1 Å². The number of amides is 3. The highest BCUT2D eigenvalue weighted by atomic mass is 16.5. The quantitative estimate of drug-likeness (QED) is 0.0704. The third kappa shape index (κ3) is 9.67. The van der Waals surface area contributed by atoms with Crippen molar-refractivity contribution in [1.82, 2.24) is 5.32 Å². The summed E-state index contributed by atoms with van der Waals surface area (Å²) in [5.74, 6) is -1.00. The molecule has 14 heteroatoms. The van der Waals surface area contributed by atoms with Crippen molar-refractivity contribution in [2.75, 3.05) is 24.0 Å². The molecule has 4 heterocycles. The fourth-order valence-electron chi connectivity index (χ4n) is 9.96. The minimum absolute atomic E-state index is 0.0283. The largest absolute Gasteiger partial charge is 0.493 e. The number of nitrogens with zero attached hydrogens (tertiary/aromatic N) is 3. The van der Waals surface area contributed by atoms with Gasteiger partial charge in [0.25, 0.3) is 11.8 Å². The second-order valence-corrected chi connectivity index (χ2v) is 18.6. The molecule has 0 bridgehead atoms. The van der Waals surface area contributed by atoms with Gasteiger partial charge in [-0.05, 0) is 121 Å². The molecule has 0 saturated heterocycles. The van der Waals surface area contributed by atoms with Gasteiger partial charge in [0.2, 0.25) is 5.91 Å². The Hall–Kier alpha value is -7.61. The monoisotopic (exact) mass is 944 g/mol. The zero-order valence-corrected chi connectivity index (χ0v) is 40.0. The van der Waals surface area contributed by atoms with E-state index >= 15 is 0 Å². The lowest BCUT2D eigenvalue weighted by Gasteiger charge is -2.23. The van der Waals surface area contributed by atoms with Crippen molar-refractivity contribution in [1.29, 1.82) is 0 Å². The number of nitrogens with one attached hydrogen (secondary N) is 1. The summed E-state index contributed by atoms with van der Waals surface area (Å²) in [5.41, 5.74) is 8.87. The molecule has 1 N–H and O–H groups in total. The number of ether oxygens (including phenoxy) is 4. The van der Waals surface area contributed by atoms with Crippen LogP contribution in [0.15, 0.2) is 96.0 Å². The molecule has 3 amide bonds. The lowest BCUT2D eigenvalue weighted by atomic mass is 9.96. The van der Waals surface area contributed by atoms with Gasteiger partial charge < -0.3 is 29.2 Å². The summed E-state index contributed by atoms with van der Waals surface area (Å²) in [7, 11) is 2.82. The number of benzene rings is 5. The highest BCUT2D eigenvalue weighted by Gasteiger charge is 2.39. The Bertz CT molecular complexity index is 2960. The van der Waals surface area contributed by atoms with Crippen LogP contribution in [0.3, 0.4) is 0 Å². The minimum atomic E-state index is -0.807. The molecule has 0 unspecified atom stereocenters. The van der Waals surface area contributed by atoms with Crippen molar-refractivity contribution in [3.05, 3.63) is 141 Å². The predicted octanol–water partition coefficient (Wildman–Crippen LogP) is 8.59. The van der Waals surface area contributed by atoms with Crippen LogP contribution in [0, 0.1) is 12.8 Å². The number of Topliss-reactive ketones (excluding diaryl/α,β-unsaturated/α-hetero) is 2. The maximum absolute atomic E-state index is 14.1. The van der Waals surface area contributed by atoms with Crippen LogP contribution in [0.4, 0.5) is 17.1 Å². The third-order valence-corrected chi connectivity index (χ3v) is 13.8. The van der Waals surface area contributed by atoms with Crippen molar-refractivity contribution in [3.63, 3.8) is 0 Å². The molecule has 70 heavy (non-hydrogen) atoms. The van der Waals surface area contributed by atoms with Gasteiger partial charge in [0.15, 0.2) is 23.1 Å². The SMILES string of the molecule is COC(=O)CCCC(=O)[C@H](C)NC(=O)[C@H](C)CC(=O)c1cc(COc2cc3c(cc2C)C(=O)N2c4ccccc4C[C@H]2C=N3)cc(COc2cc3c(cc2OC)C(=O)N2c4ccccc4C[C@H]2CC3)c1. The summed E-state index contributed by atoms with van der Waals surface area (Å²) in [5, 5.41) is 2.73. The maximum Gasteiger partial charge on any atom is 0.305 e. The number of hydrogen-bond donors (Lipinski definition) is 1. The number of esters is 1. The first-order chi connectivity index (χ1) is 33.8. The number of ketones is 2. The summed E-state index contributed by atoms with van der Waals surface area (Å²) < 4.78 is 23.4. The summed E-state index contributed by atoms with van der Waals surface area (Å²) in [6.07, 6.45) is 5.10. The normalized spacial score (nSPS) is 17.1. The summed E-state index contributed by atoms with van der Waals surface area (Å²) in [4.78, 5) is 88.3. The maximum atomic E-state index is 14.1. The van der Waals surface area contributed by atoms with E-state index in [-0.39, 0.29) is 67.9 Å². The average molecular weight is 945 g/mol. The molecule has 0 spiro atoms. The van der Waals surface area contributed by atoms with E-state index in [9.17, 15) is 28.8 Å². The van der Waals surface area contributed by atoms with Crippen molar-refractivity contribution in [3.8, 4) is 17.2 Å². The first kappa shape index (κ1) is 47.5. The van der Waals surface area contributed by atoms with Gasteiger partial charge >= 0.3 is 5.97 Å². The predicted molar refractivity (Wildman–Crippen MR) is 264 cm³/mol. The Balaban J connectivity index is 0.945. The van der Waals surface area contributed by atoms with Gasteiger partial charge in [-0.3, -0.25) is 38.7 Å². The molecule has 4 atom stereocenters. The van der Waals surface area contributed by atoms with E-state index in [0.717, 1.165) is 46.5 Å². The molecule has 0 radical (unpaired) electrons. The lowest BCUT2D eigenvalue weighted by Crippen LogP contribution is -2.41. The van der Waals surface area contributed by atoms with E-state index in [0.29, 0.717) is 70.0 Å². The van der Waals surface area contributed by atoms with Crippen molar-refractivity contribution >= 4 is 58.5 Å². The zero-order valence-electron chi connectivity index (χ0n) is 40.0. The molecule has 14 nitrogen and oxygen atoms in total. The van der Waals surface area contributed by atoms with E-state index < -0.39 is 23.8 Å². The van der Waals surface area contributed by atoms with Crippen LogP contribution in [0.5, 0.6) is 17.2 Å². The average Bonchev–Trinajstić information content (AvgIpc) is 3.86. The Morgan fingerprint density at radius 3 is 2.13 bits per heavy atom. The molecule has 360 valence electrons. The Labute approximate surface area is 407 Å². The number of rotatable bonds is 17. The van der Waals surface area contributed by atoms with E-state index in [1.807, 2.05) is 72.6 Å². The van der Waals surface area contributed by atoms with Crippen LogP contribution < -0.4 is 29.3 Å². The number of carbonyl (C=O) groups is 6. The summed E-state index contributed by atoms with van der Waals surface area (Å²) in [6.45, 7) is 5.17. The molecular formula is C56H56N4O10. The number of hydrogen-bond acceptors (Lipinski definition) is 11. The highest BCUT2D eigenvalue weighted by Crippen LogP contribution is 2.42. The smallest absolute Gasteiger partial charge is 0.305 e. The van der Waals surface area contributed by atoms with Gasteiger partial charge in [-0.2, -0.15) is 0 Å². The molecule has 0 saturated carbocycles. The van der Waals surface area contributed by atoms with E-state index in [1.54, 1.807) is 49.1 Å². The Kier molecular flexibility index (Phi) is 13.7. The fraction of sp³-hybridized carbons (Fsp3) is 0.339. The molecule has 9 rings (SSSR count).